The molecule has 3 amide bonds. The van der Waals surface area contributed by atoms with E-state index in [2.05, 4.69) is 20.6 Å². The van der Waals surface area contributed by atoms with Gasteiger partial charge in [-0.15, -0.1) is 0 Å². The fourth-order valence-corrected chi connectivity index (χ4v) is 4.53. The summed E-state index contributed by atoms with van der Waals surface area (Å²) < 4.78 is 5.06. The lowest BCUT2D eigenvalue weighted by Gasteiger charge is -2.27. The molecule has 0 spiro atoms. The second-order valence-electron chi connectivity index (χ2n) is 10.9. The highest BCUT2D eigenvalue weighted by Crippen LogP contribution is 2.15. The molecule has 0 unspecified atom stereocenters. The number of carbonyl (C=O) groups excluding carboxylic acids is 4. The van der Waals surface area contributed by atoms with Crippen LogP contribution in [-0.4, -0.2) is 89.7 Å². The van der Waals surface area contributed by atoms with Gasteiger partial charge in [0.2, 0.25) is 17.7 Å². The highest BCUT2D eigenvalue weighted by molar-refractivity contribution is 5.94. The van der Waals surface area contributed by atoms with Gasteiger partial charge in [0.1, 0.15) is 23.9 Å². The number of ether oxygens (including phenoxy) is 1. The molecule has 2 rings (SSSR count). The molecular formula is C32H44N8O7. The number of amidine groups is 1. The van der Waals surface area contributed by atoms with E-state index in [9.17, 15) is 24.0 Å². The van der Waals surface area contributed by atoms with Crippen molar-refractivity contribution in [1.82, 2.24) is 15.5 Å². The summed E-state index contributed by atoms with van der Waals surface area (Å²) in [6.45, 7) is 2.94. The van der Waals surface area contributed by atoms with Crippen LogP contribution in [0.1, 0.15) is 44.2 Å². The largest absolute Gasteiger partial charge is 0.481 e. The minimum Gasteiger partial charge on any atom is -0.481 e. The average molecular weight is 653 g/mol. The molecule has 47 heavy (non-hydrogen) atoms. The Morgan fingerprint density at radius 1 is 0.872 bits per heavy atom. The van der Waals surface area contributed by atoms with Crippen LogP contribution in [-0.2, 0) is 36.8 Å². The van der Waals surface area contributed by atoms with Crippen LogP contribution in [0.15, 0.2) is 64.6 Å². The van der Waals surface area contributed by atoms with Crippen LogP contribution in [0.25, 0.3) is 0 Å². The number of nitrogens with two attached hydrogens (primary N) is 3. The Morgan fingerprint density at radius 2 is 1.49 bits per heavy atom. The number of rotatable bonds is 18. The van der Waals surface area contributed by atoms with Gasteiger partial charge in [0.15, 0.2) is 5.96 Å². The summed E-state index contributed by atoms with van der Waals surface area (Å²) in [5.74, 6) is -2.90. The maximum Gasteiger partial charge on any atom is 0.308 e. The first-order valence-electron chi connectivity index (χ1n) is 15.0. The first-order chi connectivity index (χ1) is 22.2. The summed E-state index contributed by atoms with van der Waals surface area (Å²) in [6, 6.07) is 12.3. The number of esters is 1. The van der Waals surface area contributed by atoms with Crippen molar-refractivity contribution in [2.75, 3.05) is 20.1 Å². The number of guanidine groups is 1. The van der Waals surface area contributed by atoms with Crippen LogP contribution in [0.3, 0.4) is 0 Å². The SMILES string of the molecule is CC(=O)Oc1ccc(C[C@H](N=C(C)N)C(=O)N[C@@H](CCCN=C(N)N)C(=O)N[C@@H](Cc2ccccc2)C(=O)N(C)CCC(=O)O)cc1. The molecule has 9 N–H and O–H groups in total. The van der Waals surface area contributed by atoms with Gasteiger partial charge in [-0.05, 0) is 43.0 Å². The molecule has 0 fully saturated rings. The Hall–Kier alpha value is -5.47. The van der Waals surface area contributed by atoms with Gasteiger partial charge in [-0.1, -0.05) is 42.5 Å². The Kier molecular flexibility index (Phi) is 15.4. The molecule has 0 aliphatic carbocycles. The molecule has 2 aromatic rings. The van der Waals surface area contributed by atoms with Gasteiger partial charge in [-0.3, -0.25) is 34.0 Å². The zero-order chi connectivity index (χ0) is 34.9. The van der Waals surface area contributed by atoms with E-state index in [0.717, 1.165) is 5.56 Å². The number of carboxylic acid groups (broad SMARTS) is 1. The summed E-state index contributed by atoms with van der Waals surface area (Å²) >= 11 is 0. The van der Waals surface area contributed by atoms with E-state index in [1.807, 2.05) is 6.07 Å². The lowest BCUT2D eigenvalue weighted by molar-refractivity contribution is -0.140. The minimum absolute atomic E-state index is 0.0615. The van der Waals surface area contributed by atoms with Crippen LogP contribution < -0.4 is 32.6 Å². The van der Waals surface area contributed by atoms with Gasteiger partial charge in [0.05, 0.1) is 12.3 Å². The normalized spacial score (nSPS) is 13.0. The number of benzene rings is 2. The monoisotopic (exact) mass is 652 g/mol. The number of nitrogens with one attached hydrogen (secondary N) is 2. The Bertz CT molecular complexity index is 1420. The Labute approximate surface area is 273 Å². The van der Waals surface area contributed by atoms with Crippen molar-refractivity contribution in [2.45, 2.75) is 64.1 Å². The predicted octanol–water partition coefficient (Wildman–Crippen LogP) is 0.0991. The number of likely N-dealkylation sites (N-methyl/N-ethyl adjacent to an activating group) is 1. The van der Waals surface area contributed by atoms with E-state index in [1.54, 1.807) is 48.5 Å². The van der Waals surface area contributed by atoms with Crippen LogP contribution in [0.2, 0.25) is 0 Å². The van der Waals surface area contributed by atoms with Crippen molar-refractivity contribution in [2.24, 2.45) is 27.2 Å². The van der Waals surface area contributed by atoms with E-state index < -0.39 is 47.8 Å². The van der Waals surface area contributed by atoms with Crippen molar-refractivity contribution in [1.29, 1.82) is 0 Å². The number of aliphatic imine (C=N–C) groups is 2. The molecule has 0 saturated heterocycles. The molecular weight excluding hydrogens is 608 g/mol. The van der Waals surface area contributed by atoms with Crippen molar-refractivity contribution >= 4 is 41.5 Å². The zero-order valence-electron chi connectivity index (χ0n) is 26.8. The molecule has 15 nitrogen and oxygen atoms in total. The number of hydrogen-bond donors (Lipinski definition) is 6. The summed E-state index contributed by atoms with van der Waals surface area (Å²) in [5, 5.41) is 14.6. The van der Waals surface area contributed by atoms with E-state index >= 15 is 0 Å². The fraction of sp³-hybridized carbons (Fsp3) is 0.406. The number of amides is 3. The lowest BCUT2D eigenvalue weighted by atomic mass is 10.0. The van der Waals surface area contributed by atoms with Gasteiger partial charge < -0.3 is 42.6 Å². The van der Waals surface area contributed by atoms with Crippen molar-refractivity contribution in [3.8, 4) is 5.75 Å². The summed E-state index contributed by atoms with van der Waals surface area (Å²) in [7, 11) is 1.46. The van der Waals surface area contributed by atoms with Crippen molar-refractivity contribution in [3.63, 3.8) is 0 Å². The molecule has 15 heteroatoms. The number of nitrogens with zero attached hydrogens (tertiary/aromatic N) is 3. The quantitative estimate of drug-likeness (QED) is 0.0417. The highest BCUT2D eigenvalue weighted by atomic mass is 16.5. The molecule has 2 aromatic carbocycles. The van der Waals surface area contributed by atoms with Gasteiger partial charge in [-0.2, -0.15) is 0 Å². The summed E-state index contributed by atoms with van der Waals surface area (Å²) in [6.07, 6.45) is 0.400. The molecule has 0 heterocycles. The Balaban J connectivity index is 2.32. The molecule has 254 valence electrons. The smallest absolute Gasteiger partial charge is 0.308 e. The van der Waals surface area contributed by atoms with Crippen LogP contribution in [0, 0.1) is 0 Å². The van der Waals surface area contributed by atoms with Crippen LogP contribution in [0.4, 0.5) is 0 Å². The Morgan fingerprint density at radius 3 is 2.06 bits per heavy atom. The van der Waals surface area contributed by atoms with E-state index in [4.69, 9.17) is 27.0 Å². The van der Waals surface area contributed by atoms with Crippen LogP contribution in [0.5, 0.6) is 5.75 Å². The number of carbonyl (C=O) groups is 5. The van der Waals surface area contributed by atoms with Crippen LogP contribution >= 0.6 is 0 Å². The van der Waals surface area contributed by atoms with Crippen molar-refractivity contribution in [3.05, 3.63) is 65.7 Å². The second kappa shape index (κ2) is 19.1. The molecule has 0 saturated carbocycles. The second-order valence-corrected chi connectivity index (χ2v) is 10.9. The summed E-state index contributed by atoms with van der Waals surface area (Å²) in [4.78, 5) is 72.6. The molecule has 0 bridgehead atoms. The van der Waals surface area contributed by atoms with Gasteiger partial charge >= 0.3 is 11.9 Å². The lowest BCUT2D eigenvalue weighted by Crippen LogP contribution is -2.56. The number of hydrogen-bond acceptors (Lipinski definition) is 8. The molecule has 0 aliphatic rings. The minimum atomic E-state index is -1.12. The highest BCUT2D eigenvalue weighted by Gasteiger charge is 2.30. The van der Waals surface area contributed by atoms with Gasteiger partial charge in [0, 0.05) is 39.9 Å². The average Bonchev–Trinajstić information content (AvgIpc) is 3.00. The number of carboxylic acids is 1. The predicted molar refractivity (Wildman–Crippen MR) is 176 cm³/mol. The standard InChI is InChI=1S/C32H44N8O7/c1-20(33)37-26(18-23-11-13-24(14-12-23)47-21(2)41)30(45)38-25(10-7-16-36-32(34)35)29(44)39-27(19-22-8-5-4-6-9-22)31(46)40(3)17-15-28(42)43/h4-6,8-9,11-14,25-27H,7,10,15-19H2,1-3H3,(H2,33,37)(H,38,45)(H,39,44)(H,42,43)(H4,34,35,36)/t25-,26-,27-/m0/s1. The van der Waals surface area contributed by atoms with Crippen molar-refractivity contribution < 1.29 is 33.8 Å². The topological polar surface area (TPSA) is 245 Å². The first-order valence-corrected chi connectivity index (χ1v) is 15.0. The van der Waals surface area contributed by atoms with E-state index in [1.165, 1.54) is 25.8 Å². The zero-order valence-corrected chi connectivity index (χ0v) is 26.8. The number of aliphatic carboxylic acids is 1. The molecule has 0 aromatic heterocycles. The first kappa shape index (κ1) is 37.7. The van der Waals surface area contributed by atoms with E-state index in [-0.39, 0.29) is 50.6 Å². The maximum atomic E-state index is 13.8. The van der Waals surface area contributed by atoms with Gasteiger partial charge in [-0.25, -0.2) is 0 Å². The maximum absolute atomic E-state index is 13.8. The fourth-order valence-electron chi connectivity index (χ4n) is 4.53. The third kappa shape index (κ3) is 14.4. The molecule has 3 atom stereocenters. The van der Waals surface area contributed by atoms with E-state index in [0.29, 0.717) is 17.7 Å². The third-order valence-corrected chi connectivity index (χ3v) is 6.79. The van der Waals surface area contributed by atoms with Gasteiger partial charge in [0.25, 0.3) is 0 Å². The summed E-state index contributed by atoms with van der Waals surface area (Å²) in [5.41, 5.74) is 18.2. The molecule has 0 radical (unpaired) electrons. The third-order valence-electron chi connectivity index (χ3n) is 6.79. The molecule has 0 aliphatic heterocycles.